The van der Waals surface area contributed by atoms with E-state index in [-0.39, 0.29) is 11.4 Å². The number of rotatable bonds is 2. The Balaban J connectivity index is 2.82. The second kappa shape index (κ2) is 5.60. The van der Waals surface area contributed by atoms with Gasteiger partial charge in [0.2, 0.25) is 0 Å². The summed E-state index contributed by atoms with van der Waals surface area (Å²) in [7, 11) is 0. The van der Waals surface area contributed by atoms with Gasteiger partial charge in [-0.15, -0.1) is 13.2 Å². The third-order valence-electron chi connectivity index (χ3n) is 2.06. The van der Waals surface area contributed by atoms with E-state index in [1.165, 1.54) is 19.1 Å². The average Bonchev–Trinajstić information content (AvgIpc) is 2.18. The van der Waals surface area contributed by atoms with Crippen LogP contribution in [0.25, 0.3) is 0 Å². The number of carbonyl (C=O) groups excluding carboxylic acids is 1. The number of amides is 1. The first kappa shape index (κ1) is 16.1. The zero-order valence-electron chi connectivity index (χ0n) is 11.6. The maximum Gasteiger partial charge on any atom is 0.573 e. The number of hydrogen-bond acceptors (Lipinski definition) is 3. The first-order valence-electron chi connectivity index (χ1n) is 5.83. The van der Waals surface area contributed by atoms with Crippen LogP contribution in [0.15, 0.2) is 18.2 Å². The molecule has 20 heavy (non-hydrogen) atoms. The standard InChI is InChI=1S/C13H16F3NO3/c1-8-5-6-9(7-10(8)19-13(14,15)16)17-11(18)20-12(2,3)4/h5-7H,1-4H3,(H,17,18). The molecule has 0 unspecified atom stereocenters. The predicted molar refractivity (Wildman–Crippen MR) is 67.7 cm³/mol. The predicted octanol–water partition coefficient (Wildman–Crippen LogP) is 4.24. The average molecular weight is 291 g/mol. The molecule has 7 heteroatoms. The van der Waals surface area contributed by atoms with Crippen molar-refractivity contribution in [1.82, 2.24) is 0 Å². The lowest BCUT2D eigenvalue weighted by atomic mass is 10.2. The molecule has 1 rings (SSSR count). The summed E-state index contributed by atoms with van der Waals surface area (Å²) in [4.78, 5) is 11.5. The Morgan fingerprint density at radius 1 is 1.20 bits per heavy atom. The summed E-state index contributed by atoms with van der Waals surface area (Å²) in [5.41, 5.74) is -0.235. The van der Waals surface area contributed by atoms with Gasteiger partial charge in [0.05, 0.1) is 0 Å². The Morgan fingerprint density at radius 2 is 1.80 bits per heavy atom. The summed E-state index contributed by atoms with van der Waals surface area (Å²) >= 11 is 0. The van der Waals surface area contributed by atoms with Gasteiger partial charge in [0.25, 0.3) is 0 Å². The maximum atomic E-state index is 12.2. The second-order valence-electron chi connectivity index (χ2n) is 5.15. The molecule has 0 saturated heterocycles. The van der Waals surface area contributed by atoms with Crippen LogP contribution in [0, 0.1) is 6.92 Å². The molecular formula is C13H16F3NO3. The lowest BCUT2D eigenvalue weighted by Crippen LogP contribution is -2.27. The van der Waals surface area contributed by atoms with Crippen molar-refractivity contribution in [3.63, 3.8) is 0 Å². The molecule has 1 aromatic carbocycles. The molecule has 0 aliphatic rings. The Kier molecular flexibility index (Phi) is 4.52. The summed E-state index contributed by atoms with van der Waals surface area (Å²) in [6, 6.07) is 3.96. The van der Waals surface area contributed by atoms with Crippen molar-refractivity contribution in [2.75, 3.05) is 5.32 Å². The zero-order valence-corrected chi connectivity index (χ0v) is 11.6. The van der Waals surface area contributed by atoms with Crippen molar-refractivity contribution >= 4 is 11.8 Å². The second-order valence-corrected chi connectivity index (χ2v) is 5.15. The van der Waals surface area contributed by atoms with E-state index in [4.69, 9.17) is 4.74 Å². The van der Waals surface area contributed by atoms with Crippen LogP contribution in [-0.4, -0.2) is 18.1 Å². The number of nitrogens with one attached hydrogen (secondary N) is 1. The minimum Gasteiger partial charge on any atom is -0.444 e. The number of benzene rings is 1. The normalized spacial score (nSPS) is 11.9. The molecule has 0 fully saturated rings. The first-order chi connectivity index (χ1) is 8.96. The molecular weight excluding hydrogens is 275 g/mol. The third-order valence-corrected chi connectivity index (χ3v) is 2.06. The highest BCUT2D eigenvalue weighted by Gasteiger charge is 2.31. The largest absolute Gasteiger partial charge is 0.573 e. The van der Waals surface area contributed by atoms with Crippen LogP contribution in [0.4, 0.5) is 23.7 Å². The highest BCUT2D eigenvalue weighted by molar-refractivity contribution is 5.85. The highest BCUT2D eigenvalue weighted by Crippen LogP contribution is 2.28. The SMILES string of the molecule is Cc1ccc(NC(=O)OC(C)(C)C)cc1OC(F)(F)F. The molecule has 1 N–H and O–H groups in total. The molecule has 4 nitrogen and oxygen atoms in total. The topological polar surface area (TPSA) is 47.6 Å². The number of ether oxygens (including phenoxy) is 2. The quantitative estimate of drug-likeness (QED) is 0.886. The fourth-order valence-electron chi connectivity index (χ4n) is 1.33. The van der Waals surface area contributed by atoms with E-state index < -0.39 is 18.1 Å². The van der Waals surface area contributed by atoms with Gasteiger partial charge in [-0.05, 0) is 39.3 Å². The molecule has 0 bridgehead atoms. The van der Waals surface area contributed by atoms with Crippen LogP contribution < -0.4 is 10.1 Å². The molecule has 112 valence electrons. The van der Waals surface area contributed by atoms with Gasteiger partial charge in [0.15, 0.2) is 0 Å². The summed E-state index contributed by atoms with van der Waals surface area (Å²) in [6.45, 7) is 6.51. The number of hydrogen-bond donors (Lipinski definition) is 1. The van der Waals surface area contributed by atoms with Crippen molar-refractivity contribution in [2.45, 2.75) is 39.7 Å². The Hall–Kier alpha value is -1.92. The van der Waals surface area contributed by atoms with Gasteiger partial charge >= 0.3 is 12.5 Å². The Labute approximate surface area is 114 Å². The number of alkyl halides is 3. The summed E-state index contributed by atoms with van der Waals surface area (Å²) in [5, 5.41) is 2.34. The molecule has 0 aliphatic carbocycles. The molecule has 0 atom stereocenters. The van der Waals surface area contributed by atoms with Gasteiger partial charge in [-0.25, -0.2) is 4.79 Å². The third kappa shape index (κ3) is 5.81. The molecule has 0 aliphatic heterocycles. The summed E-state index contributed by atoms with van der Waals surface area (Å²) in [6.07, 6.45) is -5.53. The summed E-state index contributed by atoms with van der Waals surface area (Å²) in [5.74, 6) is -0.369. The van der Waals surface area contributed by atoms with Gasteiger partial charge in [-0.1, -0.05) is 6.07 Å². The van der Waals surface area contributed by atoms with E-state index in [1.54, 1.807) is 20.8 Å². The van der Waals surface area contributed by atoms with Gasteiger partial charge in [0.1, 0.15) is 11.4 Å². The van der Waals surface area contributed by atoms with E-state index in [1.807, 2.05) is 0 Å². The monoisotopic (exact) mass is 291 g/mol. The van der Waals surface area contributed by atoms with Crippen LogP contribution in [0.5, 0.6) is 5.75 Å². The molecule has 0 aromatic heterocycles. The highest BCUT2D eigenvalue weighted by atomic mass is 19.4. The van der Waals surface area contributed by atoms with Gasteiger partial charge in [-0.3, -0.25) is 5.32 Å². The number of anilines is 1. The maximum absolute atomic E-state index is 12.2. The molecule has 1 amide bonds. The zero-order chi connectivity index (χ0) is 15.6. The van der Waals surface area contributed by atoms with Crippen molar-refractivity contribution in [2.24, 2.45) is 0 Å². The van der Waals surface area contributed by atoms with Gasteiger partial charge < -0.3 is 9.47 Å². The molecule has 0 heterocycles. The molecule has 0 spiro atoms. The van der Waals surface area contributed by atoms with Crippen molar-refractivity contribution in [3.05, 3.63) is 23.8 Å². The molecule has 0 radical (unpaired) electrons. The smallest absolute Gasteiger partial charge is 0.444 e. The van der Waals surface area contributed by atoms with E-state index in [2.05, 4.69) is 10.1 Å². The van der Waals surface area contributed by atoms with Crippen LogP contribution >= 0.6 is 0 Å². The first-order valence-corrected chi connectivity index (χ1v) is 5.83. The lowest BCUT2D eigenvalue weighted by Gasteiger charge is -2.20. The summed E-state index contributed by atoms with van der Waals surface area (Å²) < 4.78 is 45.5. The molecule has 0 saturated carbocycles. The minimum atomic E-state index is -4.78. The lowest BCUT2D eigenvalue weighted by molar-refractivity contribution is -0.274. The number of halogens is 3. The fraction of sp³-hybridized carbons (Fsp3) is 0.462. The van der Waals surface area contributed by atoms with Crippen LogP contribution in [-0.2, 0) is 4.74 Å². The van der Waals surface area contributed by atoms with Crippen molar-refractivity contribution in [1.29, 1.82) is 0 Å². The van der Waals surface area contributed by atoms with Crippen molar-refractivity contribution < 1.29 is 27.4 Å². The fourth-order valence-corrected chi connectivity index (χ4v) is 1.33. The van der Waals surface area contributed by atoms with E-state index >= 15 is 0 Å². The van der Waals surface area contributed by atoms with E-state index in [9.17, 15) is 18.0 Å². The van der Waals surface area contributed by atoms with Gasteiger partial charge in [0, 0.05) is 11.8 Å². The van der Waals surface area contributed by atoms with Crippen molar-refractivity contribution in [3.8, 4) is 5.75 Å². The van der Waals surface area contributed by atoms with Gasteiger partial charge in [-0.2, -0.15) is 0 Å². The number of carbonyl (C=O) groups is 1. The van der Waals surface area contributed by atoms with E-state index in [0.717, 1.165) is 6.07 Å². The Bertz CT molecular complexity index is 493. The van der Waals surface area contributed by atoms with E-state index in [0.29, 0.717) is 5.56 Å². The number of aryl methyl sites for hydroxylation is 1. The van der Waals surface area contributed by atoms with Crippen LogP contribution in [0.3, 0.4) is 0 Å². The minimum absolute atomic E-state index is 0.157. The Morgan fingerprint density at radius 3 is 2.30 bits per heavy atom. The van der Waals surface area contributed by atoms with Crippen LogP contribution in [0.1, 0.15) is 26.3 Å². The van der Waals surface area contributed by atoms with Crippen LogP contribution in [0.2, 0.25) is 0 Å². The molecule has 1 aromatic rings.